The first-order valence-corrected chi connectivity index (χ1v) is 18.7. The summed E-state index contributed by atoms with van der Waals surface area (Å²) in [5.41, 5.74) is 17.4. The molecule has 0 atom stereocenters. The summed E-state index contributed by atoms with van der Waals surface area (Å²) in [6.45, 7) is 0. The van der Waals surface area contributed by atoms with Crippen molar-refractivity contribution in [1.82, 2.24) is 9.13 Å². The van der Waals surface area contributed by atoms with Crippen LogP contribution in [0.2, 0.25) is 0 Å². The molecule has 1 aliphatic rings. The van der Waals surface area contributed by atoms with Crippen molar-refractivity contribution in [3.05, 3.63) is 194 Å². The maximum Gasteiger partial charge on any atom is 0.0541 e. The molecule has 1 aliphatic carbocycles. The smallest absolute Gasteiger partial charge is 0.0541 e. The van der Waals surface area contributed by atoms with Crippen molar-refractivity contribution in [3.63, 3.8) is 0 Å². The van der Waals surface area contributed by atoms with Crippen LogP contribution in [0.3, 0.4) is 0 Å². The number of hydrogen-bond donors (Lipinski definition) is 0. The number of aromatic nitrogens is 2. The summed E-state index contributed by atoms with van der Waals surface area (Å²) in [5, 5.41) is 7.70. The zero-order valence-electron chi connectivity index (χ0n) is 29.4. The van der Waals surface area contributed by atoms with Gasteiger partial charge < -0.3 is 9.13 Å². The molecule has 250 valence electrons. The number of benzene rings is 9. The lowest BCUT2D eigenvalue weighted by Gasteiger charge is -2.11. The largest absolute Gasteiger partial charge is 0.309 e. The monoisotopic (exact) mass is 684 g/mol. The molecule has 9 aromatic carbocycles. The second-order valence-electron chi connectivity index (χ2n) is 14.5. The average molecular weight is 685 g/mol. The predicted octanol–water partition coefficient (Wildman–Crippen LogP) is 14.0. The Labute approximate surface area is 312 Å². The van der Waals surface area contributed by atoms with Gasteiger partial charge in [0.2, 0.25) is 0 Å². The molecule has 0 fully saturated rings. The van der Waals surface area contributed by atoms with E-state index in [0.717, 1.165) is 5.69 Å². The van der Waals surface area contributed by atoms with Gasteiger partial charge in [0.1, 0.15) is 0 Å². The topological polar surface area (TPSA) is 9.86 Å². The Morgan fingerprint density at radius 1 is 0.259 bits per heavy atom. The van der Waals surface area contributed by atoms with Crippen LogP contribution in [0.15, 0.2) is 194 Å². The standard InChI is InChI=1S/C52H32N2/c1-2-12-38(13-3-1)53-48-19-8-6-16-42(48)45-30-34(23-27-50(45)53)35-24-28-51-46(31-35)43-17-7-9-20-49(43)54(51)39-25-21-33(22-26-39)37-29-36-11-10-18-44-40-14-4-5-15-41(40)47(32-37)52(36)44/h1-32H. The molecule has 12 rings (SSSR count). The summed E-state index contributed by atoms with van der Waals surface area (Å²) in [6.07, 6.45) is 0. The molecule has 0 spiro atoms. The van der Waals surface area contributed by atoms with Crippen LogP contribution >= 0.6 is 0 Å². The van der Waals surface area contributed by atoms with Crippen molar-refractivity contribution in [1.29, 1.82) is 0 Å². The van der Waals surface area contributed by atoms with E-state index in [4.69, 9.17) is 0 Å². The van der Waals surface area contributed by atoms with E-state index < -0.39 is 0 Å². The number of hydrogen-bond acceptors (Lipinski definition) is 0. The van der Waals surface area contributed by atoms with Crippen molar-refractivity contribution in [2.75, 3.05) is 0 Å². The van der Waals surface area contributed by atoms with Crippen LogP contribution in [0, 0.1) is 0 Å². The minimum atomic E-state index is 1.16. The van der Waals surface area contributed by atoms with Gasteiger partial charge >= 0.3 is 0 Å². The van der Waals surface area contributed by atoms with Gasteiger partial charge in [0.25, 0.3) is 0 Å². The Morgan fingerprint density at radius 2 is 0.759 bits per heavy atom. The lowest BCUT2D eigenvalue weighted by atomic mass is 9.96. The lowest BCUT2D eigenvalue weighted by molar-refractivity contribution is 1.18. The molecule has 0 unspecified atom stereocenters. The molecule has 2 nitrogen and oxygen atoms in total. The molecule has 0 N–H and O–H groups in total. The highest BCUT2D eigenvalue weighted by atomic mass is 15.0. The predicted molar refractivity (Wildman–Crippen MR) is 228 cm³/mol. The SMILES string of the molecule is c1ccc(-n2c3ccccc3c3cc(-c4ccc5c(c4)c4ccccc4n5-c4ccc(-c5cc6c7c(cccc7c5)-c5ccccc5-6)cc4)ccc32)cc1. The van der Waals surface area contributed by atoms with E-state index in [0.29, 0.717) is 0 Å². The van der Waals surface area contributed by atoms with Crippen LogP contribution in [0.25, 0.3) is 110 Å². The van der Waals surface area contributed by atoms with Gasteiger partial charge in [0.15, 0.2) is 0 Å². The van der Waals surface area contributed by atoms with Crippen molar-refractivity contribution >= 4 is 54.4 Å². The Morgan fingerprint density at radius 3 is 1.41 bits per heavy atom. The van der Waals surface area contributed by atoms with Gasteiger partial charge in [0, 0.05) is 32.9 Å². The van der Waals surface area contributed by atoms with E-state index in [1.165, 1.54) is 105 Å². The Hall–Kier alpha value is -7.16. The number of nitrogens with zero attached hydrogens (tertiary/aromatic N) is 2. The third-order valence-electron chi connectivity index (χ3n) is 11.6. The molecular formula is C52H32N2. The highest BCUT2D eigenvalue weighted by Gasteiger charge is 2.22. The number of para-hydroxylation sites is 3. The summed E-state index contributed by atoms with van der Waals surface area (Å²) in [6, 6.07) is 71.4. The molecule has 0 saturated heterocycles. The summed E-state index contributed by atoms with van der Waals surface area (Å²) in [7, 11) is 0. The zero-order valence-corrected chi connectivity index (χ0v) is 29.4. The van der Waals surface area contributed by atoms with E-state index in [9.17, 15) is 0 Å². The Bertz CT molecular complexity index is 3310. The van der Waals surface area contributed by atoms with Crippen molar-refractivity contribution < 1.29 is 0 Å². The number of rotatable bonds is 4. The third kappa shape index (κ3) is 4.17. The van der Waals surface area contributed by atoms with Crippen LogP contribution < -0.4 is 0 Å². The van der Waals surface area contributed by atoms with Crippen LogP contribution in [-0.4, -0.2) is 9.13 Å². The summed E-state index contributed by atoms with van der Waals surface area (Å²) < 4.78 is 4.79. The fourth-order valence-corrected chi connectivity index (χ4v) is 9.23. The van der Waals surface area contributed by atoms with Gasteiger partial charge in [-0.3, -0.25) is 0 Å². The van der Waals surface area contributed by atoms with E-state index in [1.54, 1.807) is 0 Å². The van der Waals surface area contributed by atoms with Crippen LogP contribution in [0.4, 0.5) is 0 Å². The van der Waals surface area contributed by atoms with E-state index >= 15 is 0 Å². The lowest BCUT2D eigenvalue weighted by Crippen LogP contribution is -1.94. The zero-order chi connectivity index (χ0) is 35.3. The maximum atomic E-state index is 2.41. The second-order valence-corrected chi connectivity index (χ2v) is 14.5. The molecular weight excluding hydrogens is 653 g/mol. The van der Waals surface area contributed by atoms with Crippen LogP contribution in [0.1, 0.15) is 0 Å². The molecule has 54 heavy (non-hydrogen) atoms. The fraction of sp³-hybridized carbons (Fsp3) is 0. The Balaban J connectivity index is 0.967. The van der Waals surface area contributed by atoms with Crippen LogP contribution in [-0.2, 0) is 0 Å². The average Bonchev–Trinajstić information content (AvgIpc) is 3.87. The highest BCUT2D eigenvalue weighted by Crippen LogP contribution is 2.48. The first kappa shape index (κ1) is 29.4. The molecule has 0 amide bonds. The molecule has 0 radical (unpaired) electrons. The van der Waals surface area contributed by atoms with Gasteiger partial charge in [0.05, 0.1) is 22.1 Å². The Kier molecular flexibility index (Phi) is 6.09. The molecule has 0 bridgehead atoms. The quantitative estimate of drug-likeness (QED) is 0.175. The van der Waals surface area contributed by atoms with Crippen LogP contribution in [0.5, 0.6) is 0 Å². The summed E-state index contributed by atoms with van der Waals surface area (Å²) in [4.78, 5) is 0. The van der Waals surface area contributed by atoms with Gasteiger partial charge in [-0.1, -0.05) is 121 Å². The summed E-state index contributed by atoms with van der Waals surface area (Å²) in [5.74, 6) is 0. The fourth-order valence-electron chi connectivity index (χ4n) is 9.23. The normalized spacial score (nSPS) is 12.1. The van der Waals surface area contributed by atoms with Gasteiger partial charge in [-0.05, 0) is 128 Å². The minimum absolute atomic E-state index is 1.16. The molecule has 0 aliphatic heterocycles. The molecule has 0 saturated carbocycles. The first-order valence-electron chi connectivity index (χ1n) is 18.7. The number of fused-ring (bicyclic) bond motifs is 9. The third-order valence-corrected chi connectivity index (χ3v) is 11.6. The van der Waals surface area contributed by atoms with Gasteiger partial charge in [-0.25, -0.2) is 0 Å². The van der Waals surface area contributed by atoms with E-state index in [1.807, 2.05) is 0 Å². The second kappa shape index (κ2) is 11.2. The molecule has 2 aromatic heterocycles. The molecule has 2 heterocycles. The van der Waals surface area contributed by atoms with Crippen molar-refractivity contribution in [2.45, 2.75) is 0 Å². The minimum Gasteiger partial charge on any atom is -0.309 e. The maximum absolute atomic E-state index is 2.41. The van der Waals surface area contributed by atoms with Gasteiger partial charge in [-0.2, -0.15) is 0 Å². The summed E-state index contributed by atoms with van der Waals surface area (Å²) >= 11 is 0. The molecule has 2 heteroatoms. The van der Waals surface area contributed by atoms with Gasteiger partial charge in [-0.15, -0.1) is 0 Å². The van der Waals surface area contributed by atoms with E-state index in [2.05, 4.69) is 203 Å². The first-order chi connectivity index (χ1) is 26.8. The van der Waals surface area contributed by atoms with Crippen molar-refractivity contribution in [3.8, 4) is 55.9 Å². The van der Waals surface area contributed by atoms with E-state index in [-0.39, 0.29) is 0 Å². The molecule has 11 aromatic rings. The highest BCUT2D eigenvalue weighted by molar-refractivity contribution is 6.17. The van der Waals surface area contributed by atoms with Crippen molar-refractivity contribution in [2.24, 2.45) is 0 Å².